The molecule has 0 spiro atoms. The first-order chi connectivity index (χ1) is 9.70. The van der Waals surface area contributed by atoms with Crippen LogP contribution in [0.15, 0.2) is 53.5 Å². The number of pyridine rings is 1. The number of aryl methyl sites for hydroxylation is 1. The van der Waals surface area contributed by atoms with E-state index in [9.17, 15) is 9.59 Å². The van der Waals surface area contributed by atoms with Crippen molar-refractivity contribution < 1.29 is 4.79 Å². The minimum Gasteiger partial charge on any atom is -0.326 e. The maximum Gasteiger partial charge on any atom is 0.250 e. The summed E-state index contributed by atoms with van der Waals surface area (Å²) in [5.74, 6) is -0.137. The van der Waals surface area contributed by atoms with Gasteiger partial charge in [0, 0.05) is 37.5 Å². The maximum absolute atomic E-state index is 11.9. The molecule has 2 aromatic rings. The first-order valence-corrected chi connectivity index (χ1v) is 6.44. The van der Waals surface area contributed by atoms with Crippen molar-refractivity contribution in [1.29, 1.82) is 0 Å². The van der Waals surface area contributed by atoms with Crippen LogP contribution >= 0.6 is 0 Å². The van der Waals surface area contributed by atoms with Gasteiger partial charge in [-0.3, -0.25) is 9.59 Å². The van der Waals surface area contributed by atoms with Gasteiger partial charge in [-0.25, -0.2) is 0 Å². The average Bonchev–Trinajstić information content (AvgIpc) is 2.47. The number of hydrogen-bond donors (Lipinski definition) is 2. The zero-order chi connectivity index (χ0) is 14.4. The summed E-state index contributed by atoms with van der Waals surface area (Å²) in [5, 5.41) is 2.82. The van der Waals surface area contributed by atoms with Gasteiger partial charge in [0.1, 0.15) is 0 Å². The second-order valence-electron chi connectivity index (χ2n) is 4.39. The molecule has 0 saturated heterocycles. The molecule has 0 bridgehead atoms. The number of aromatic nitrogens is 1. The quantitative estimate of drug-likeness (QED) is 0.861. The molecule has 104 valence electrons. The average molecular weight is 271 g/mol. The van der Waals surface area contributed by atoms with Crippen LogP contribution in [-0.4, -0.2) is 10.5 Å². The third kappa shape index (κ3) is 3.55. The highest BCUT2D eigenvalue weighted by molar-refractivity contribution is 5.91. The number of para-hydroxylation sites is 1. The highest BCUT2D eigenvalue weighted by Gasteiger charge is 2.06. The Bertz CT molecular complexity index is 649. The second kappa shape index (κ2) is 6.68. The Balaban J connectivity index is 1.96. The van der Waals surface area contributed by atoms with Crippen molar-refractivity contribution in [3.8, 4) is 0 Å². The molecule has 1 amide bonds. The van der Waals surface area contributed by atoms with E-state index in [4.69, 9.17) is 5.73 Å². The Hall–Kier alpha value is -2.40. The summed E-state index contributed by atoms with van der Waals surface area (Å²) in [6.45, 7) is 0.727. The second-order valence-corrected chi connectivity index (χ2v) is 4.39. The van der Waals surface area contributed by atoms with Gasteiger partial charge in [0.25, 0.3) is 5.56 Å². The molecule has 0 radical (unpaired) electrons. The van der Waals surface area contributed by atoms with Gasteiger partial charge in [0.15, 0.2) is 0 Å². The number of benzene rings is 1. The molecule has 0 aliphatic heterocycles. The molecule has 2 rings (SSSR count). The highest BCUT2D eigenvalue weighted by atomic mass is 16.1. The van der Waals surface area contributed by atoms with Crippen molar-refractivity contribution in [3.63, 3.8) is 0 Å². The molecule has 20 heavy (non-hydrogen) atoms. The molecular formula is C15H17N3O2. The molecule has 5 heteroatoms. The zero-order valence-electron chi connectivity index (χ0n) is 11.1. The van der Waals surface area contributed by atoms with E-state index in [1.807, 2.05) is 24.3 Å². The maximum atomic E-state index is 11.9. The monoisotopic (exact) mass is 271 g/mol. The molecule has 0 unspecified atom stereocenters. The number of amides is 1. The summed E-state index contributed by atoms with van der Waals surface area (Å²) >= 11 is 0. The zero-order valence-corrected chi connectivity index (χ0v) is 11.1. The van der Waals surface area contributed by atoms with Gasteiger partial charge in [-0.1, -0.05) is 24.3 Å². The molecule has 5 nitrogen and oxygen atoms in total. The molecule has 0 fully saturated rings. The van der Waals surface area contributed by atoms with Crippen LogP contribution in [-0.2, 0) is 17.9 Å². The Morgan fingerprint density at radius 1 is 1.15 bits per heavy atom. The van der Waals surface area contributed by atoms with E-state index >= 15 is 0 Å². The van der Waals surface area contributed by atoms with Crippen LogP contribution in [0.2, 0.25) is 0 Å². The summed E-state index contributed by atoms with van der Waals surface area (Å²) in [4.78, 5) is 23.4. The van der Waals surface area contributed by atoms with Crippen molar-refractivity contribution in [2.24, 2.45) is 5.73 Å². The summed E-state index contributed by atoms with van der Waals surface area (Å²) in [6.07, 6.45) is 1.91. The van der Waals surface area contributed by atoms with E-state index in [-0.39, 0.29) is 17.9 Å². The Kier molecular flexibility index (Phi) is 4.68. The number of nitrogens with zero attached hydrogens (tertiary/aromatic N) is 1. The Morgan fingerprint density at radius 3 is 2.65 bits per heavy atom. The van der Waals surface area contributed by atoms with Crippen molar-refractivity contribution in [2.75, 3.05) is 5.32 Å². The van der Waals surface area contributed by atoms with Crippen LogP contribution < -0.4 is 16.6 Å². The van der Waals surface area contributed by atoms with Gasteiger partial charge >= 0.3 is 0 Å². The lowest BCUT2D eigenvalue weighted by Crippen LogP contribution is -2.22. The van der Waals surface area contributed by atoms with Gasteiger partial charge < -0.3 is 15.6 Å². The summed E-state index contributed by atoms with van der Waals surface area (Å²) in [7, 11) is 0. The minimum atomic E-state index is -0.137. The van der Waals surface area contributed by atoms with Crippen LogP contribution in [0.4, 0.5) is 5.69 Å². The number of nitrogens with one attached hydrogen (secondary N) is 1. The smallest absolute Gasteiger partial charge is 0.250 e. The number of nitrogens with two attached hydrogens (primary N) is 1. The summed E-state index contributed by atoms with van der Waals surface area (Å²) in [5.41, 5.74) is 7.12. The van der Waals surface area contributed by atoms with Crippen molar-refractivity contribution in [2.45, 2.75) is 19.5 Å². The van der Waals surface area contributed by atoms with E-state index in [0.29, 0.717) is 13.1 Å². The largest absolute Gasteiger partial charge is 0.326 e. The topological polar surface area (TPSA) is 77.1 Å². The lowest BCUT2D eigenvalue weighted by Gasteiger charge is -2.10. The minimum absolute atomic E-state index is 0.109. The van der Waals surface area contributed by atoms with Crippen molar-refractivity contribution in [3.05, 3.63) is 64.6 Å². The molecule has 0 aliphatic rings. The Labute approximate surface area is 117 Å². The molecule has 1 aromatic carbocycles. The highest BCUT2D eigenvalue weighted by Crippen LogP contribution is 2.14. The summed E-state index contributed by atoms with van der Waals surface area (Å²) in [6, 6.07) is 12.3. The molecule has 0 aliphatic carbocycles. The third-order valence-corrected chi connectivity index (χ3v) is 2.99. The number of anilines is 1. The SMILES string of the molecule is NCc1ccccc1NC(=O)CCn1ccccc1=O. The standard InChI is InChI=1S/C15H17N3O2/c16-11-12-5-1-2-6-13(12)17-14(19)8-10-18-9-4-3-7-15(18)20/h1-7,9H,8,10-11,16H2,(H,17,19). The third-order valence-electron chi connectivity index (χ3n) is 2.99. The fourth-order valence-electron chi connectivity index (χ4n) is 1.90. The van der Waals surface area contributed by atoms with E-state index in [2.05, 4.69) is 5.32 Å². The van der Waals surface area contributed by atoms with E-state index < -0.39 is 0 Å². The number of hydrogen-bond acceptors (Lipinski definition) is 3. The van der Waals surface area contributed by atoms with Crippen LogP contribution in [0.1, 0.15) is 12.0 Å². The van der Waals surface area contributed by atoms with Crippen molar-refractivity contribution in [1.82, 2.24) is 4.57 Å². The van der Waals surface area contributed by atoms with Crippen molar-refractivity contribution >= 4 is 11.6 Å². The van der Waals surface area contributed by atoms with Crippen LogP contribution in [0.3, 0.4) is 0 Å². The molecule has 0 atom stereocenters. The lowest BCUT2D eigenvalue weighted by molar-refractivity contribution is -0.116. The predicted octanol–water partition coefficient (Wildman–Crippen LogP) is 1.34. The lowest BCUT2D eigenvalue weighted by atomic mass is 10.2. The van der Waals surface area contributed by atoms with Crippen LogP contribution in [0.5, 0.6) is 0 Å². The van der Waals surface area contributed by atoms with Gasteiger partial charge in [-0.05, 0) is 17.7 Å². The van der Waals surface area contributed by atoms with E-state index in [1.54, 1.807) is 18.3 Å². The van der Waals surface area contributed by atoms with Gasteiger partial charge in [-0.15, -0.1) is 0 Å². The first-order valence-electron chi connectivity index (χ1n) is 6.44. The molecule has 1 heterocycles. The fraction of sp³-hybridized carbons (Fsp3) is 0.200. The van der Waals surface area contributed by atoms with Gasteiger partial charge in [0.05, 0.1) is 0 Å². The molecule has 0 saturated carbocycles. The van der Waals surface area contributed by atoms with Crippen LogP contribution in [0.25, 0.3) is 0 Å². The summed E-state index contributed by atoms with van der Waals surface area (Å²) < 4.78 is 1.51. The van der Waals surface area contributed by atoms with E-state index in [1.165, 1.54) is 10.6 Å². The Morgan fingerprint density at radius 2 is 1.90 bits per heavy atom. The van der Waals surface area contributed by atoms with Gasteiger partial charge in [0.2, 0.25) is 5.91 Å². The normalized spacial score (nSPS) is 10.2. The first kappa shape index (κ1) is 14.0. The van der Waals surface area contributed by atoms with Gasteiger partial charge in [-0.2, -0.15) is 0 Å². The number of rotatable bonds is 5. The predicted molar refractivity (Wildman–Crippen MR) is 78.3 cm³/mol. The molecular weight excluding hydrogens is 254 g/mol. The van der Waals surface area contributed by atoms with E-state index in [0.717, 1.165) is 11.3 Å². The molecule has 3 N–H and O–H groups in total. The fourth-order valence-corrected chi connectivity index (χ4v) is 1.90. The number of carbonyl (C=O) groups excluding carboxylic acids is 1. The molecule has 1 aromatic heterocycles. The number of carbonyl (C=O) groups is 1. The van der Waals surface area contributed by atoms with Crippen LogP contribution in [0, 0.1) is 0 Å².